The van der Waals surface area contributed by atoms with Crippen molar-refractivity contribution in [2.75, 3.05) is 20.7 Å². The number of guanidine groups is 1. The summed E-state index contributed by atoms with van der Waals surface area (Å²) in [5.41, 5.74) is 2.61. The number of hydrogen-bond donors (Lipinski definition) is 2. The molecule has 1 atom stereocenters. The molecule has 5 heteroatoms. The highest BCUT2D eigenvalue weighted by molar-refractivity contribution is 14.0. The van der Waals surface area contributed by atoms with Gasteiger partial charge in [0.25, 0.3) is 0 Å². The van der Waals surface area contributed by atoms with Crippen molar-refractivity contribution >= 4 is 29.9 Å². The van der Waals surface area contributed by atoms with E-state index in [2.05, 4.69) is 67.6 Å². The standard InChI is InChI=1S/C17H29N3O.HI/c1-13-7-9-14(10-8-13)11-19-16(18-5)20-12-15(21-6)17(2,3)4;/h7-10,15H,11-12H2,1-6H3,(H2,18,19,20);1H. The molecular formula is C17H30IN3O. The quantitative estimate of drug-likeness (QED) is 0.437. The van der Waals surface area contributed by atoms with Crippen LogP contribution in [-0.4, -0.2) is 32.8 Å². The predicted octanol–water partition coefficient (Wildman–Crippen LogP) is 3.34. The van der Waals surface area contributed by atoms with E-state index in [0.717, 1.165) is 19.0 Å². The largest absolute Gasteiger partial charge is 0.379 e. The predicted molar refractivity (Wildman–Crippen MR) is 105 cm³/mol. The summed E-state index contributed by atoms with van der Waals surface area (Å²) in [6.07, 6.45) is 0.135. The fraction of sp³-hybridized carbons (Fsp3) is 0.588. The van der Waals surface area contributed by atoms with Crippen molar-refractivity contribution in [3.05, 3.63) is 35.4 Å². The minimum atomic E-state index is 0. The van der Waals surface area contributed by atoms with E-state index in [1.165, 1.54) is 11.1 Å². The van der Waals surface area contributed by atoms with Gasteiger partial charge in [-0.1, -0.05) is 50.6 Å². The van der Waals surface area contributed by atoms with Crippen LogP contribution in [0, 0.1) is 12.3 Å². The molecule has 1 aromatic rings. The molecule has 22 heavy (non-hydrogen) atoms. The van der Waals surface area contributed by atoms with Crippen molar-refractivity contribution in [3.8, 4) is 0 Å². The van der Waals surface area contributed by atoms with Crippen LogP contribution in [0.25, 0.3) is 0 Å². The van der Waals surface area contributed by atoms with Gasteiger partial charge in [-0.3, -0.25) is 4.99 Å². The number of nitrogens with one attached hydrogen (secondary N) is 2. The van der Waals surface area contributed by atoms with Gasteiger partial charge in [0.2, 0.25) is 0 Å². The van der Waals surface area contributed by atoms with Crippen molar-refractivity contribution in [2.24, 2.45) is 10.4 Å². The zero-order chi connectivity index (χ0) is 15.9. The van der Waals surface area contributed by atoms with E-state index in [9.17, 15) is 0 Å². The normalized spacial score (nSPS) is 13.3. The molecule has 0 radical (unpaired) electrons. The molecule has 0 saturated carbocycles. The van der Waals surface area contributed by atoms with E-state index in [0.29, 0.717) is 0 Å². The molecule has 1 aromatic carbocycles. The Morgan fingerprint density at radius 3 is 2.23 bits per heavy atom. The Morgan fingerprint density at radius 2 is 1.77 bits per heavy atom. The van der Waals surface area contributed by atoms with Gasteiger partial charge in [0, 0.05) is 27.2 Å². The highest BCUT2D eigenvalue weighted by Crippen LogP contribution is 2.20. The summed E-state index contributed by atoms with van der Waals surface area (Å²) in [5, 5.41) is 6.64. The first-order chi connectivity index (χ1) is 9.86. The van der Waals surface area contributed by atoms with Crippen molar-refractivity contribution in [2.45, 2.75) is 40.3 Å². The van der Waals surface area contributed by atoms with Gasteiger partial charge < -0.3 is 15.4 Å². The maximum absolute atomic E-state index is 5.54. The fourth-order valence-electron chi connectivity index (χ4n) is 2.04. The Bertz CT molecular complexity index is 452. The van der Waals surface area contributed by atoms with Gasteiger partial charge in [0.05, 0.1) is 6.10 Å². The smallest absolute Gasteiger partial charge is 0.191 e. The van der Waals surface area contributed by atoms with E-state index < -0.39 is 0 Å². The Morgan fingerprint density at radius 1 is 1.18 bits per heavy atom. The van der Waals surface area contributed by atoms with Crippen LogP contribution in [-0.2, 0) is 11.3 Å². The highest BCUT2D eigenvalue weighted by Gasteiger charge is 2.24. The number of benzene rings is 1. The Balaban J connectivity index is 0.00000441. The highest BCUT2D eigenvalue weighted by atomic mass is 127. The van der Waals surface area contributed by atoms with Gasteiger partial charge in [-0.25, -0.2) is 0 Å². The lowest BCUT2D eigenvalue weighted by atomic mass is 9.89. The van der Waals surface area contributed by atoms with Crippen LogP contribution in [0.15, 0.2) is 29.3 Å². The maximum atomic E-state index is 5.54. The van der Waals surface area contributed by atoms with Gasteiger partial charge in [0.15, 0.2) is 5.96 Å². The van der Waals surface area contributed by atoms with E-state index in [4.69, 9.17) is 4.74 Å². The second-order valence-corrected chi connectivity index (χ2v) is 6.38. The molecule has 0 fully saturated rings. The van der Waals surface area contributed by atoms with Gasteiger partial charge in [0.1, 0.15) is 0 Å². The second kappa shape index (κ2) is 10.0. The Kier molecular flexibility index (Phi) is 9.67. The SMILES string of the molecule is CN=C(NCc1ccc(C)cc1)NCC(OC)C(C)(C)C.I. The monoisotopic (exact) mass is 419 g/mol. The number of aliphatic imine (C=N–C) groups is 1. The number of halogens is 1. The number of nitrogens with zero attached hydrogens (tertiary/aromatic N) is 1. The lowest BCUT2D eigenvalue weighted by Crippen LogP contribution is -2.45. The van der Waals surface area contributed by atoms with Crippen LogP contribution in [0.3, 0.4) is 0 Å². The molecule has 0 aliphatic rings. The van der Waals surface area contributed by atoms with Gasteiger partial charge in [-0.05, 0) is 17.9 Å². The van der Waals surface area contributed by atoms with E-state index >= 15 is 0 Å². The molecule has 0 aromatic heterocycles. The van der Waals surface area contributed by atoms with Crippen molar-refractivity contribution < 1.29 is 4.74 Å². The van der Waals surface area contributed by atoms with Gasteiger partial charge in [-0.2, -0.15) is 0 Å². The zero-order valence-electron chi connectivity index (χ0n) is 14.6. The van der Waals surface area contributed by atoms with Crippen molar-refractivity contribution in [1.82, 2.24) is 10.6 Å². The first-order valence-electron chi connectivity index (χ1n) is 7.39. The molecule has 2 N–H and O–H groups in total. The fourth-order valence-corrected chi connectivity index (χ4v) is 2.04. The molecule has 1 unspecified atom stereocenters. The van der Waals surface area contributed by atoms with Crippen LogP contribution >= 0.6 is 24.0 Å². The summed E-state index contributed by atoms with van der Waals surface area (Å²) >= 11 is 0. The molecule has 4 nitrogen and oxygen atoms in total. The molecular weight excluding hydrogens is 389 g/mol. The first kappa shape index (κ1) is 21.2. The van der Waals surface area contributed by atoms with E-state index in [-0.39, 0.29) is 35.5 Å². The van der Waals surface area contributed by atoms with Crippen LogP contribution in [0.2, 0.25) is 0 Å². The van der Waals surface area contributed by atoms with Crippen molar-refractivity contribution in [3.63, 3.8) is 0 Å². The van der Waals surface area contributed by atoms with Crippen molar-refractivity contribution in [1.29, 1.82) is 0 Å². The van der Waals surface area contributed by atoms with Crippen LogP contribution < -0.4 is 10.6 Å². The number of methoxy groups -OCH3 is 1. The third-order valence-electron chi connectivity index (χ3n) is 3.51. The molecule has 0 bridgehead atoms. The minimum Gasteiger partial charge on any atom is -0.379 e. The zero-order valence-corrected chi connectivity index (χ0v) is 16.9. The molecule has 1 rings (SSSR count). The molecule has 0 saturated heterocycles. The third-order valence-corrected chi connectivity index (χ3v) is 3.51. The average molecular weight is 419 g/mol. The first-order valence-corrected chi connectivity index (χ1v) is 7.39. The Hall–Kier alpha value is -0.820. The summed E-state index contributed by atoms with van der Waals surface area (Å²) in [4.78, 5) is 4.25. The van der Waals surface area contributed by atoms with Crippen LogP contribution in [0.4, 0.5) is 0 Å². The molecule has 0 amide bonds. The van der Waals surface area contributed by atoms with Crippen LogP contribution in [0.5, 0.6) is 0 Å². The molecule has 0 heterocycles. The number of ether oxygens (including phenoxy) is 1. The number of aryl methyl sites for hydroxylation is 1. The molecule has 0 aliphatic heterocycles. The summed E-state index contributed by atoms with van der Waals surface area (Å²) < 4.78 is 5.54. The second-order valence-electron chi connectivity index (χ2n) is 6.38. The van der Waals surface area contributed by atoms with E-state index in [1.807, 2.05) is 0 Å². The topological polar surface area (TPSA) is 45.7 Å². The number of rotatable bonds is 5. The molecule has 126 valence electrons. The molecule has 0 spiro atoms. The summed E-state index contributed by atoms with van der Waals surface area (Å²) in [6, 6.07) is 8.49. The van der Waals surface area contributed by atoms with Gasteiger partial charge in [-0.15, -0.1) is 24.0 Å². The van der Waals surface area contributed by atoms with Gasteiger partial charge >= 0.3 is 0 Å². The number of hydrogen-bond acceptors (Lipinski definition) is 2. The maximum Gasteiger partial charge on any atom is 0.191 e. The average Bonchev–Trinajstić information content (AvgIpc) is 2.43. The molecule has 0 aliphatic carbocycles. The summed E-state index contributed by atoms with van der Waals surface area (Å²) in [5.74, 6) is 0.793. The Labute approximate surface area is 152 Å². The lowest BCUT2D eigenvalue weighted by Gasteiger charge is -2.30. The summed E-state index contributed by atoms with van der Waals surface area (Å²) in [6.45, 7) is 10.1. The minimum absolute atomic E-state index is 0. The summed E-state index contributed by atoms with van der Waals surface area (Å²) in [7, 11) is 3.53. The lowest BCUT2D eigenvalue weighted by molar-refractivity contribution is 0.0205. The third kappa shape index (κ3) is 7.45. The van der Waals surface area contributed by atoms with Crippen LogP contribution in [0.1, 0.15) is 31.9 Å². The van der Waals surface area contributed by atoms with E-state index in [1.54, 1.807) is 14.2 Å².